The van der Waals surface area contributed by atoms with Gasteiger partial charge in [0.1, 0.15) is 6.04 Å². The lowest BCUT2D eigenvalue weighted by Crippen LogP contribution is -2.42. The number of hydrogen-bond acceptors (Lipinski definition) is 3. The second kappa shape index (κ2) is 6.57. The van der Waals surface area contributed by atoms with Gasteiger partial charge < -0.3 is 16.8 Å². The number of hydrogen-bond donors (Lipinski definition) is 3. The van der Waals surface area contributed by atoms with Crippen LogP contribution in [0.1, 0.15) is 28.4 Å². The van der Waals surface area contributed by atoms with Crippen molar-refractivity contribution in [2.24, 2.45) is 11.5 Å². The minimum Gasteiger partial charge on any atom is -0.368 e. The molecule has 0 bridgehead atoms. The fourth-order valence-electron chi connectivity index (χ4n) is 1.49. The van der Waals surface area contributed by atoms with Gasteiger partial charge in [0.25, 0.3) is 5.91 Å². The van der Waals surface area contributed by atoms with Crippen LogP contribution in [-0.4, -0.2) is 24.4 Å². The first-order chi connectivity index (χ1) is 8.93. The van der Waals surface area contributed by atoms with Gasteiger partial charge in [-0.3, -0.25) is 9.59 Å². The number of benzene rings is 1. The van der Waals surface area contributed by atoms with E-state index < -0.39 is 11.9 Å². The first kappa shape index (κ1) is 14.7. The number of carbonyl (C=O) groups is 2. The van der Waals surface area contributed by atoms with E-state index >= 15 is 0 Å². The molecule has 5 nitrogen and oxygen atoms in total. The molecule has 0 fully saturated rings. The summed E-state index contributed by atoms with van der Waals surface area (Å²) in [5, 5.41) is 2.52. The zero-order valence-corrected chi connectivity index (χ0v) is 11.0. The van der Waals surface area contributed by atoms with Gasteiger partial charge in [0.15, 0.2) is 0 Å². The molecule has 1 aromatic rings. The second-order valence-electron chi connectivity index (χ2n) is 4.19. The molecule has 0 saturated heterocycles. The summed E-state index contributed by atoms with van der Waals surface area (Å²) in [7, 11) is 0. The smallest absolute Gasteiger partial charge is 0.251 e. The lowest BCUT2D eigenvalue weighted by Gasteiger charge is -2.10. The monoisotopic (exact) mass is 259 g/mol. The Morgan fingerprint density at radius 1 is 1.37 bits per heavy atom. The second-order valence-corrected chi connectivity index (χ2v) is 4.19. The maximum Gasteiger partial charge on any atom is 0.251 e. The molecular weight excluding hydrogens is 242 g/mol. The SMILES string of the molecule is Cc1cc(C#CCN)cc(C(=O)NC(C)C(N)=O)c1. The third kappa shape index (κ3) is 4.45. The van der Waals surface area contributed by atoms with Crippen LogP contribution in [-0.2, 0) is 4.79 Å². The van der Waals surface area contributed by atoms with Crippen LogP contribution < -0.4 is 16.8 Å². The van der Waals surface area contributed by atoms with E-state index in [0.717, 1.165) is 5.56 Å². The quantitative estimate of drug-likeness (QED) is 0.661. The van der Waals surface area contributed by atoms with Crippen molar-refractivity contribution in [3.63, 3.8) is 0 Å². The van der Waals surface area contributed by atoms with Crippen molar-refractivity contribution in [3.05, 3.63) is 34.9 Å². The average molecular weight is 259 g/mol. The van der Waals surface area contributed by atoms with Gasteiger partial charge in [0.2, 0.25) is 5.91 Å². The van der Waals surface area contributed by atoms with Crippen LogP contribution in [0.15, 0.2) is 18.2 Å². The molecule has 0 aromatic heterocycles. The predicted octanol–water partition coefficient (Wildman–Crippen LogP) is -0.0912. The van der Waals surface area contributed by atoms with Crippen LogP contribution in [0.3, 0.4) is 0 Å². The van der Waals surface area contributed by atoms with Gasteiger partial charge >= 0.3 is 0 Å². The van der Waals surface area contributed by atoms with Gasteiger partial charge in [0.05, 0.1) is 6.54 Å². The van der Waals surface area contributed by atoms with Crippen molar-refractivity contribution in [1.82, 2.24) is 5.32 Å². The van der Waals surface area contributed by atoms with E-state index in [1.807, 2.05) is 13.0 Å². The maximum absolute atomic E-state index is 11.9. The summed E-state index contributed by atoms with van der Waals surface area (Å²) in [5.41, 5.74) is 12.5. The van der Waals surface area contributed by atoms with E-state index in [-0.39, 0.29) is 12.5 Å². The van der Waals surface area contributed by atoms with Crippen molar-refractivity contribution < 1.29 is 9.59 Å². The van der Waals surface area contributed by atoms with Gasteiger partial charge in [-0.15, -0.1) is 0 Å². The van der Waals surface area contributed by atoms with E-state index in [2.05, 4.69) is 17.2 Å². The summed E-state index contributed by atoms with van der Waals surface area (Å²) in [4.78, 5) is 22.9. The Kier molecular flexibility index (Phi) is 5.10. The van der Waals surface area contributed by atoms with Gasteiger partial charge in [-0.25, -0.2) is 0 Å². The van der Waals surface area contributed by atoms with Crippen LogP contribution in [0.4, 0.5) is 0 Å². The highest BCUT2D eigenvalue weighted by molar-refractivity contribution is 5.97. The minimum atomic E-state index is -0.716. The van der Waals surface area contributed by atoms with Crippen LogP contribution in [0.2, 0.25) is 0 Å². The highest BCUT2D eigenvalue weighted by atomic mass is 16.2. The highest BCUT2D eigenvalue weighted by Gasteiger charge is 2.14. The molecule has 0 aliphatic carbocycles. The Labute approximate surface area is 112 Å². The number of nitrogens with two attached hydrogens (primary N) is 2. The molecule has 1 unspecified atom stereocenters. The molecule has 19 heavy (non-hydrogen) atoms. The number of carbonyl (C=O) groups excluding carboxylic acids is 2. The third-order valence-corrected chi connectivity index (χ3v) is 2.45. The molecule has 0 aliphatic heterocycles. The molecule has 1 atom stereocenters. The number of amides is 2. The minimum absolute atomic E-state index is 0.258. The molecule has 0 spiro atoms. The zero-order chi connectivity index (χ0) is 14.4. The molecule has 2 amide bonds. The highest BCUT2D eigenvalue weighted by Crippen LogP contribution is 2.09. The number of aryl methyl sites for hydroxylation is 1. The van der Waals surface area contributed by atoms with Crippen molar-refractivity contribution in [2.75, 3.05) is 6.54 Å². The van der Waals surface area contributed by atoms with E-state index in [9.17, 15) is 9.59 Å². The van der Waals surface area contributed by atoms with Crippen LogP contribution in [0.5, 0.6) is 0 Å². The number of rotatable bonds is 3. The van der Waals surface area contributed by atoms with E-state index in [1.165, 1.54) is 6.92 Å². The van der Waals surface area contributed by atoms with Gasteiger partial charge in [-0.1, -0.05) is 11.8 Å². The number of primary amides is 1. The van der Waals surface area contributed by atoms with Crippen LogP contribution in [0, 0.1) is 18.8 Å². The molecule has 1 rings (SSSR count). The van der Waals surface area contributed by atoms with Crippen molar-refractivity contribution in [1.29, 1.82) is 0 Å². The molecule has 0 saturated carbocycles. The summed E-state index contributed by atoms with van der Waals surface area (Å²) in [6, 6.07) is 4.51. The third-order valence-electron chi connectivity index (χ3n) is 2.45. The van der Waals surface area contributed by atoms with E-state index in [1.54, 1.807) is 12.1 Å². The zero-order valence-electron chi connectivity index (χ0n) is 11.0. The van der Waals surface area contributed by atoms with Crippen LogP contribution >= 0.6 is 0 Å². The van der Waals surface area contributed by atoms with Gasteiger partial charge in [-0.05, 0) is 37.6 Å². The first-order valence-electron chi connectivity index (χ1n) is 5.85. The maximum atomic E-state index is 11.9. The molecule has 0 heterocycles. The summed E-state index contributed by atoms with van der Waals surface area (Å²) in [6.07, 6.45) is 0. The molecule has 0 aliphatic rings. The topological polar surface area (TPSA) is 98.2 Å². The molecular formula is C14H17N3O2. The van der Waals surface area contributed by atoms with Gasteiger partial charge in [0, 0.05) is 11.1 Å². The lowest BCUT2D eigenvalue weighted by molar-refractivity contribution is -0.119. The summed E-state index contributed by atoms with van der Waals surface area (Å²) in [5.74, 6) is 4.66. The van der Waals surface area contributed by atoms with E-state index in [0.29, 0.717) is 11.1 Å². The summed E-state index contributed by atoms with van der Waals surface area (Å²) in [6.45, 7) is 3.65. The average Bonchev–Trinajstić information content (AvgIpc) is 2.35. The lowest BCUT2D eigenvalue weighted by atomic mass is 10.1. The predicted molar refractivity (Wildman–Crippen MR) is 73.2 cm³/mol. The van der Waals surface area contributed by atoms with E-state index in [4.69, 9.17) is 11.5 Å². The molecule has 1 aromatic carbocycles. The summed E-state index contributed by atoms with van der Waals surface area (Å²) < 4.78 is 0. The van der Waals surface area contributed by atoms with Crippen molar-refractivity contribution in [2.45, 2.75) is 19.9 Å². The molecule has 5 N–H and O–H groups in total. The summed E-state index contributed by atoms with van der Waals surface area (Å²) >= 11 is 0. The van der Waals surface area contributed by atoms with Crippen molar-refractivity contribution >= 4 is 11.8 Å². The largest absolute Gasteiger partial charge is 0.368 e. The van der Waals surface area contributed by atoms with Gasteiger partial charge in [-0.2, -0.15) is 0 Å². The Balaban J connectivity index is 2.97. The Bertz CT molecular complexity index is 556. The fraction of sp³-hybridized carbons (Fsp3) is 0.286. The first-order valence-corrected chi connectivity index (χ1v) is 5.85. The Morgan fingerprint density at radius 3 is 2.63 bits per heavy atom. The normalized spacial score (nSPS) is 11.1. The fourth-order valence-corrected chi connectivity index (χ4v) is 1.49. The Morgan fingerprint density at radius 2 is 2.05 bits per heavy atom. The van der Waals surface area contributed by atoms with Crippen LogP contribution in [0.25, 0.3) is 0 Å². The number of nitrogens with one attached hydrogen (secondary N) is 1. The molecule has 100 valence electrons. The Hall–Kier alpha value is -2.32. The molecule has 5 heteroatoms. The standard InChI is InChI=1S/C14H17N3O2/c1-9-6-11(4-3-5-15)8-12(7-9)14(19)17-10(2)13(16)18/h6-8,10H,5,15H2,1-2H3,(H2,16,18)(H,17,19). The van der Waals surface area contributed by atoms with Crippen molar-refractivity contribution in [3.8, 4) is 11.8 Å². The molecule has 0 radical (unpaired) electrons.